The van der Waals surface area contributed by atoms with Gasteiger partial charge in [-0.05, 0) is 20.1 Å². The minimum absolute atomic E-state index is 0.208. The second kappa shape index (κ2) is 4.14. The first-order valence-corrected chi connectivity index (χ1v) is 5.59. The predicted molar refractivity (Wildman–Crippen MR) is 52.2 cm³/mol. The number of hydrogen-bond donors (Lipinski definition) is 1. The Morgan fingerprint density at radius 2 is 2.50 bits per heavy atom. The number of carbonyl (C=O) groups excluding carboxylic acids is 1. The van der Waals surface area contributed by atoms with E-state index in [9.17, 15) is 4.79 Å². The van der Waals surface area contributed by atoms with Crippen LogP contribution in [0.3, 0.4) is 0 Å². The average molecular weight is 188 g/mol. The molecule has 1 aliphatic heterocycles. The standard InChI is InChI=1S/C8H16N2OS/c1-6(5-12-3)10-7(2)9-4-8(10)11/h6-7,9H,4-5H2,1-3H3. The molecule has 70 valence electrons. The molecular formula is C8H16N2OS. The van der Waals surface area contributed by atoms with E-state index in [1.807, 2.05) is 11.8 Å². The molecule has 1 saturated heterocycles. The molecule has 0 aliphatic carbocycles. The van der Waals surface area contributed by atoms with Crippen molar-refractivity contribution in [2.24, 2.45) is 0 Å². The molecule has 2 unspecified atom stereocenters. The minimum atomic E-state index is 0.208. The molecule has 0 spiro atoms. The number of nitrogens with one attached hydrogen (secondary N) is 1. The summed E-state index contributed by atoms with van der Waals surface area (Å²) in [5, 5.41) is 3.13. The molecule has 1 amide bonds. The number of nitrogens with zero attached hydrogens (tertiary/aromatic N) is 1. The van der Waals surface area contributed by atoms with Gasteiger partial charge in [0.25, 0.3) is 0 Å². The van der Waals surface area contributed by atoms with Gasteiger partial charge in [0.2, 0.25) is 5.91 Å². The first kappa shape index (κ1) is 9.86. The molecule has 0 radical (unpaired) electrons. The van der Waals surface area contributed by atoms with Gasteiger partial charge in [-0.1, -0.05) is 0 Å². The van der Waals surface area contributed by atoms with Crippen LogP contribution in [0.15, 0.2) is 0 Å². The molecule has 0 saturated carbocycles. The van der Waals surface area contributed by atoms with Crippen molar-refractivity contribution in [3.8, 4) is 0 Å². The molecule has 0 aromatic carbocycles. The summed E-state index contributed by atoms with van der Waals surface area (Å²) >= 11 is 1.78. The highest BCUT2D eigenvalue weighted by Gasteiger charge is 2.30. The van der Waals surface area contributed by atoms with E-state index in [0.29, 0.717) is 12.6 Å². The molecule has 2 atom stereocenters. The zero-order valence-electron chi connectivity index (χ0n) is 7.83. The maximum atomic E-state index is 11.4. The molecule has 0 bridgehead atoms. The van der Waals surface area contributed by atoms with E-state index < -0.39 is 0 Å². The first-order chi connectivity index (χ1) is 5.66. The van der Waals surface area contributed by atoms with E-state index in [4.69, 9.17) is 0 Å². The summed E-state index contributed by atoms with van der Waals surface area (Å²) < 4.78 is 0. The van der Waals surface area contributed by atoms with E-state index >= 15 is 0 Å². The zero-order chi connectivity index (χ0) is 9.14. The number of thioether (sulfide) groups is 1. The highest BCUT2D eigenvalue weighted by Crippen LogP contribution is 2.12. The van der Waals surface area contributed by atoms with Crippen molar-refractivity contribution >= 4 is 17.7 Å². The fourth-order valence-electron chi connectivity index (χ4n) is 1.59. The molecule has 12 heavy (non-hydrogen) atoms. The molecule has 4 heteroatoms. The van der Waals surface area contributed by atoms with Gasteiger partial charge in [0, 0.05) is 11.8 Å². The number of hydrogen-bond acceptors (Lipinski definition) is 3. The van der Waals surface area contributed by atoms with Crippen molar-refractivity contribution in [3.63, 3.8) is 0 Å². The summed E-state index contributed by atoms with van der Waals surface area (Å²) in [6.45, 7) is 4.62. The SMILES string of the molecule is CSCC(C)N1C(=O)CNC1C. The van der Waals surface area contributed by atoms with Gasteiger partial charge >= 0.3 is 0 Å². The molecule has 1 aliphatic rings. The van der Waals surface area contributed by atoms with Crippen LogP contribution in [0.25, 0.3) is 0 Å². The molecular weight excluding hydrogens is 172 g/mol. The van der Waals surface area contributed by atoms with Crippen LogP contribution in [-0.4, -0.2) is 41.6 Å². The Labute approximate surface area is 77.9 Å². The van der Waals surface area contributed by atoms with Gasteiger partial charge in [-0.3, -0.25) is 10.1 Å². The lowest BCUT2D eigenvalue weighted by atomic mass is 10.3. The lowest BCUT2D eigenvalue weighted by Crippen LogP contribution is -2.42. The quantitative estimate of drug-likeness (QED) is 0.700. The lowest BCUT2D eigenvalue weighted by Gasteiger charge is -2.27. The van der Waals surface area contributed by atoms with Crippen LogP contribution in [0.1, 0.15) is 13.8 Å². The molecule has 3 nitrogen and oxygen atoms in total. The third kappa shape index (κ3) is 1.93. The van der Waals surface area contributed by atoms with E-state index in [2.05, 4.69) is 18.5 Å². The van der Waals surface area contributed by atoms with Crippen LogP contribution in [0.2, 0.25) is 0 Å². The van der Waals surface area contributed by atoms with Gasteiger partial charge in [0.1, 0.15) is 0 Å². The summed E-state index contributed by atoms with van der Waals surface area (Å²) in [6.07, 6.45) is 2.27. The fourth-order valence-corrected chi connectivity index (χ4v) is 2.23. The van der Waals surface area contributed by atoms with Crippen LogP contribution in [0.5, 0.6) is 0 Å². The number of amides is 1. The van der Waals surface area contributed by atoms with E-state index in [1.54, 1.807) is 11.8 Å². The molecule has 1 fully saturated rings. The second-order valence-electron chi connectivity index (χ2n) is 3.16. The minimum Gasteiger partial charge on any atom is -0.323 e. The van der Waals surface area contributed by atoms with Gasteiger partial charge < -0.3 is 4.90 Å². The van der Waals surface area contributed by atoms with Crippen molar-refractivity contribution in [1.82, 2.24) is 10.2 Å². The Bertz CT molecular complexity index is 174. The maximum Gasteiger partial charge on any atom is 0.238 e. The van der Waals surface area contributed by atoms with E-state index in [1.165, 1.54) is 0 Å². The smallest absolute Gasteiger partial charge is 0.238 e. The summed E-state index contributed by atoms with van der Waals surface area (Å²) in [7, 11) is 0. The van der Waals surface area contributed by atoms with Crippen LogP contribution in [0.4, 0.5) is 0 Å². The molecule has 0 aromatic rings. The topological polar surface area (TPSA) is 32.3 Å². The predicted octanol–water partition coefficient (Wildman–Crippen LogP) is 0.516. The van der Waals surface area contributed by atoms with Crippen molar-refractivity contribution in [2.75, 3.05) is 18.6 Å². The third-order valence-corrected chi connectivity index (χ3v) is 2.95. The second-order valence-corrected chi connectivity index (χ2v) is 4.07. The first-order valence-electron chi connectivity index (χ1n) is 4.20. The largest absolute Gasteiger partial charge is 0.323 e. The Morgan fingerprint density at radius 1 is 1.83 bits per heavy atom. The van der Waals surface area contributed by atoms with Gasteiger partial charge in [-0.15, -0.1) is 0 Å². The highest BCUT2D eigenvalue weighted by molar-refractivity contribution is 7.98. The van der Waals surface area contributed by atoms with Gasteiger partial charge in [0.15, 0.2) is 0 Å². The van der Waals surface area contributed by atoms with Crippen LogP contribution in [-0.2, 0) is 4.79 Å². The van der Waals surface area contributed by atoms with Crippen LogP contribution in [0, 0.1) is 0 Å². The zero-order valence-corrected chi connectivity index (χ0v) is 8.65. The molecule has 1 N–H and O–H groups in total. The van der Waals surface area contributed by atoms with E-state index in [0.717, 1.165) is 5.75 Å². The Hall–Kier alpha value is -0.220. The number of rotatable bonds is 3. The van der Waals surface area contributed by atoms with Crippen LogP contribution < -0.4 is 5.32 Å². The Kier molecular flexibility index (Phi) is 3.40. The van der Waals surface area contributed by atoms with E-state index in [-0.39, 0.29) is 12.1 Å². The maximum absolute atomic E-state index is 11.4. The normalized spacial score (nSPS) is 26.4. The van der Waals surface area contributed by atoms with Crippen LogP contribution >= 0.6 is 11.8 Å². The fraction of sp³-hybridized carbons (Fsp3) is 0.875. The Balaban J connectivity index is 2.53. The van der Waals surface area contributed by atoms with Crippen molar-refractivity contribution < 1.29 is 4.79 Å². The molecule has 1 heterocycles. The van der Waals surface area contributed by atoms with Gasteiger partial charge in [0.05, 0.1) is 12.7 Å². The summed E-state index contributed by atoms with van der Waals surface area (Å²) in [4.78, 5) is 13.3. The lowest BCUT2D eigenvalue weighted by molar-refractivity contribution is -0.129. The monoisotopic (exact) mass is 188 g/mol. The third-order valence-electron chi connectivity index (χ3n) is 2.14. The highest BCUT2D eigenvalue weighted by atomic mass is 32.2. The van der Waals surface area contributed by atoms with Gasteiger partial charge in [-0.2, -0.15) is 11.8 Å². The summed E-state index contributed by atoms with van der Waals surface area (Å²) in [5.41, 5.74) is 0. The van der Waals surface area contributed by atoms with Gasteiger partial charge in [-0.25, -0.2) is 0 Å². The summed E-state index contributed by atoms with van der Waals surface area (Å²) in [6, 6.07) is 0.345. The number of carbonyl (C=O) groups is 1. The molecule has 0 aromatic heterocycles. The summed E-state index contributed by atoms with van der Waals surface area (Å²) in [5.74, 6) is 1.24. The van der Waals surface area contributed by atoms with Crippen molar-refractivity contribution in [1.29, 1.82) is 0 Å². The average Bonchev–Trinajstić information content (AvgIpc) is 2.32. The molecule has 1 rings (SSSR count). The van der Waals surface area contributed by atoms with Crippen molar-refractivity contribution in [3.05, 3.63) is 0 Å². The Morgan fingerprint density at radius 3 is 2.92 bits per heavy atom. The van der Waals surface area contributed by atoms with Crippen molar-refractivity contribution in [2.45, 2.75) is 26.1 Å².